The van der Waals surface area contributed by atoms with Gasteiger partial charge in [0.25, 0.3) is 0 Å². The molecule has 0 radical (unpaired) electrons. The summed E-state index contributed by atoms with van der Waals surface area (Å²) in [6, 6.07) is 0. The lowest BCUT2D eigenvalue weighted by molar-refractivity contribution is -0.150. The van der Waals surface area contributed by atoms with Gasteiger partial charge in [-0.3, -0.25) is 9.69 Å². The van der Waals surface area contributed by atoms with Gasteiger partial charge in [0.1, 0.15) is 5.54 Å². The molecule has 2 fully saturated rings. The molecule has 1 unspecified atom stereocenters. The van der Waals surface area contributed by atoms with Crippen molar-refractivity contribution in [1.82, 2.24) is 9.80 Å². The summed E-state index contributed by atoms with van der Waals surface area (Å²) in [5, 5.41) is 9.37. The summed E-state index contributed by atoms with van der Waals surface area (Å²) in [5.74, 6) is -0.635. The summed E-state index contributed by atoms with van der Waals surface area (Å²) in [6.45, 7) is 3.51. The molecule has 0 bridgehead atoms. The van der Waals surface area contributed by atoms with Crippen LogP contribution in [0.15, 0.2) is 0 Å². The minimum absolute atomic E-state index is 0.578. The molecule has 80 valence electrons. The molecule has 2 aliphatic rings. The van der Waals surface area contributed by atoms with E-state index in [-0.39, 0.29) is 0 Å². The normalized spacial score (nSPS) is 35.2. The number of likely N-dealkylation sites (tertiary alicyclic amines) is 2. The first-order valence-corrected chi connectivity index (χ1v) is 5.32. The zero-order chi connectivity index (χ0) is 10.2. The van der Waals surface area contributed by atoms with Gasteiger partial charge in [-0.25, -0.2) is 0 Å². The molecule has 14 heavy (non-hydrogen) atoms. The van der Waals surface area contributed by atoms with Crippen molar-refractivity contribution in [3.63, 3.8) is 0 Å². The highest BCUT2D eigenvalue weighted by Gasteiger charge is 2.48. The highest BCUT2D eigenvalue weighted by atomic mass is 16.4. The lowest BCUT2D eigenvalue weighted by Crippen LogP contribution is -2.55. The number of nitrogens with zero attached hydrogens (tertiary/aromatic N) is 2. The van der Waals surface area contributed by atoms with E-state index in [0.29, 0.717) is 6.54 Å². The molecule has 0 amide bonds. The minimum Gasteiger partial charge on any atom is -0.480 e. The van der Waals surface area contributed by atoms with Gasteiger partial charge in [0.05, 0.1) is 0 Å². The van der Waals surface area contributed by atoms with E-state index in [1.54, 1.807) is 0 Å². The van der Waals surface area contributed by atoms with Crippen LogP contribution in [0.5, 0.6) is 0 Å². The van der Waals surface area contributed by atoms with E-state index in [2.05, 4.69) is 9.80 Å². The van der Waals surface area contributed by atoms with Gasteiger partial charge in [-0.05, 0) is 39.4 Å². The van der Waals surface area contributed by atoms with Crippen molar-refractivity contribution in [3.05, 3.63) is 0 Å². The van der Waals surface area contributed by atoms with Crippen LogP contribution in [-0.2, 0) is 4.79 Å². The summed E-state index contributed by atoms with van der Waals surface area (Å²) in [6.07, 6.45) is 3.08. The molecule has 1 N–H and O–H groups in total. The number of hydrogen-bond donors (Lipinski definition) is 1. The third kappa shape index (κ3) is 1.42. The van der Waals surface area contributed by atoms with Crippen LogP contribution < -0.4 is 0 Å². The molecular weight excluding hydrogens is 180 g/mol. The molecule has 2 heterocycles. The van der Waals surface area contributed by atoms with Crippen LogP contribution >= 0.6 is 0 Å². The van der Waals surface area contributed by atoms with Crippen LogP contribution in [-0.4, -0.2) is 59.6 Å². The molecule has 2 saturated heterocycles. The maximum absolute atomic E-state index is 11.4. The number of likely N-dealkylation sites (N-methyl/N-ethyl adjacent to an activating group) is 1. The Bertz CT molecular complexity index is 238. The summed E-state index contributed by atoms with van der Waals surface area (Å²) in [5.41, 5.74) is -0.578. The lowest BCUT2D eigenvalue weighted by Gasteiger charge is -2.34. The molecule has 1 atom stereocenters. The Morgan fingerprint density at radius 2 is 1.93 bits per heavy atom. The molecule has 2 rings (SSSR count). The first-order valence-electron chi connectivity index (χ1n) is 5.32. The molecular formula is C10H18N2O2. The highest BCUT2D eigenvalue weighted by molar-refractivity contribution is 5.79. The zero-order valence-electron chi connectivity index (χ0n) is 8.70. The Hall–Kier alpha value is -0.610. The van der Waals surface area contributed by atoms with E-state index in [1.807, 2.05) is 7.05 Å². The van der Waals surface area contributed by atoms with E-state index in [9.17, 15) is 9.90 Å². The standard InChI is InChI=1S/C10H18N2O2/c1-11-7-4-10(8-11,9(13)14)12-5-2-3-6-12/h2-8H2,1H3,(H,13,14). The van der Waals surface area contributed by atoms with Crippen molar-refractivity contribution in [1.29, 1.82) is 0 Å². The van der Waals surface area contributed by atoms with Gasteiger partial charge in [0.2, 0.25) is 0 Å². The molecule has 0 spiro atoms. The van der Waals surface area contributed by atoms with Crippen LogP contribution in [0.25, 0.3) is 0 Å². The van der Waals surface area contributed by atoms with Crippen molar-refractivity contribution in [2.75, 3.05) is 33.2 Å². The van der Waals surface area contributed by atoms with Crippen molar-refractivity contribution >= 4 is 5.97 Å². The van der Waals surface area contributed by atoms with Crippen molar-refractivity contribution in [2.24, 2.45) is 0 Å². The van der Waals surface area contributed by atoms with Gasteiger partial charge >= 0.3 is 5.97 Å². The monoisotopic (exact) mass is 198 g/mol. The third-order valence-corrected chi connectivity index (χ3v) is 3.55. The number of carboxylic acid groups (broad SMARTS) is 1. The Balaban J connectivity index is 2.17. The summed E-state index contributed by atoms with van der Waals surface area (Å²) < 4.78 is 0. The predicted molar refractivity (Wildman–Crippen MR) is 53.3 cm³/mol. The number of aliphatic carboxylic acids is 1. The second-order valence-corrected chi connectivity index (χ2v) is 4.52. The summed E-state index contributed by atoms with van der Waals surface area (Å²) >= 11 is 0. The SMILES string of the molecule is CN1CCC(C(=O)O)(N2CCCC2)C1. The lowest BCUT2D eigenvalue weighted by atomic mass is 9.97. The molecule has 4 nitrogen and oxygen atoms in total. The van der Waals surface area contributed by atoms with Gasteiger partial charge in [0, 0.05) is 13.1 Å². The Labute approximate surface area is 84.5 Å². The Morgan fingerprint density at radius 3 is 2.36 bits per heavy atom. The Kier molecular flexibility index (Phi) is 2.49. The predicted octanol–water partition coefficient (Wildman–Crippen LogP) is 0.241. The summed E-state index contributed by atoms with van der Waals surface area (Å²) in [7, 11) is 2.00. The van der Waals surface area contributed by atoms with Crippen molar-refractivity contribution < 1.29 is 9.90 Å². The molecule has 0 aromatic carbocycles. The number of carboxylic acids is 1. The zero-order valence-corrected chi connectivity index (χ0v) is 8.70. The van der Waals surface area contributed by atoms with Crippen LogP contribution in [0, 0.1) is 0 Å². The van der Waals surface area contributed by atoms with Crippen molar-refractivity contribution in [2.45, 2.75) is 24.8 Å². The fraction of sp³-hybridized carbons (Fsp3) is 0.900. The average molecular weight is 198 g/mol. The second-order valence-electron chi connectivity index (χ2n) is 4.52. The van der Waals surface area contributed by atoms with E-state index in [1.165, 1.54) is 0 Å². The largest absolute Gasteiger partial charge is 0.480 e. The van der Waals surface area contributed by atoms with Crippen molar-refractivity contribution in [3.8, 4) is 0 Å². The topological polar surface area (TPSA) is 43.8 Å². The summed E-state index contributed by atoms with van der Waals surface area (Å²) in [4.78, 5) is 15.7. The van der Waals surface area contributed by atoms with Crippen LogP contribution in [0.1, 0.15) is 19.3 Å². The van der Waals surface area contributed by atoms with E-state index >= 15 is 0 Å². The fourth-order valence-corrected chi connectivity index (χ4v) is 2.69. The molecule has 0 aromatic heterocycles. The van der Waals surface area contributed by atoms with Gasteiger partial charge in [-0.2, -0.15) is 0 Å². The van der Waals surface area contributed by atoms with Gasteiger partial charge in [-0.15, -0.1) is 0 Å². The Morgan fingerprint density at radius 1 is 1.29 bits per heavy atom. The minimum atomic E-state index is -0.635. The molecule has 0 aliphatic carbocycles. The van der Waals surface area contributed by atoms with E-state index < -0.39 is 11.5 Å². The molecule has 4 heteroatoms. The number of carbonyl (C=O) groups is 1. The maximum atomic E-state index is 11.4. The first-order chi connectivity index (χ1) is 6.65. The third-order valence-electron chi connectivity index (χ3n) is 3.55. The quantitative estimate of drug-likeness (QED) is 0.690. The molecule has 0 saturated carbocycles. The van der Waals surface area contributed by atoms with E-state index in [4.69, 9.17) is 0 Å². The fourth-order valence-electron chi connectivity index (χ4n) is 2.69. The van der Waals surface area contributed by atoms with Crippen LogP contribution in [0.3, 0.4) is 0 Å². The van der Waals surface area contributed by atoms with Gasteiger partial charge in [-0.1, -0.05) is 0 Å². The van der Waals surface area contributed by atoms with Gasteiger partial charge < -0.3 is 10.0 Å². The first kappa shape index (κ1) is 9.93. The van der Waals surface area contributed by atoms with Crippen LogP contribution in [0.4, 0.5) is 0 Å². The number of rotatable bonds is 2. The number of hydrogen-bond acceptors (Lipinski definition) is 3. The smallest absolute Gasteiger partial charge is 0.325 e. The average Bonchev–Trinajstić information content (AvgIpc) is 2.71. The molecule has 0 aromatic rings. The molecule has 2 aliphatic heterocycles. The maximum Gasteiger partial charge on any atom is 0.325 e. The van der Waals surface area contributed by atoms with Gasteiger partial charge in [0.15, 0.2) is 0 Å². The van der Waals surface area contributed by atoms with E-state index in [0.717, 1.165) is 38.9 Å². The highest BCUT2D eigenvalue weighted by Crippen LogP contribution is 2.30. The second kappa shape index (κ2) is 3.51. The van der Waals surface area contributed by atoms with Crippen LogP contribution in [0.2, 0.25) is 0 Å².